The molecule has 0 unspecified atom stereocenters. The van der Waals surface area contributed by atoms with Crippen molar-refractivity contribution in [2.45, 2.75) is 13.0 Å². The summed E-state index contributed by atoms with van der Waals surface area (Å²) < 4.78 is 17.4. The van der Waals surface area contributed by atoms with Gasteiger partial charge in [-0.15, -0.1) is 0 Å². The van der Waals surface area contributed by atoms with Crippen molar-refractivity contribution in [3.8, 4) is 23.1 Å². The van der Waals surface area contributed by atoms with Crippen LogP contribution in [0.1, 0.15) is 22.8 Å². The number of nitrogens with zero attached hydrogens (tertiary/aromatic N) is 2. The monoisotopic (exact) mass is 513 g/mol. The van der Waals surface area contributed by atoms with E-state index >= 15 is 0 Å². The summed E-state index contributed by atoms with van der Waals surface area (Å²) in [6.45, 7) is 1.95. The summed E-state index contributed by atoms with van der Waals surface area (Å²) in [5.74, 6) is -0.417. The van der Waals surface area contributed by atoms with Gasteiger partial charge in [-0.3, -0.25) is 9.59 Å². The molecule has 0 radical (unpaired) electrons. The van der Waals surface area contributed by atoms with Crippen LogP contribution in [0.5, 0.6) is 17.4 Å². The number of aromatic hydroxyl groups is 1. The van der Waals surface area contributed by atoms with Crippen LogP contribution < -0.4 is 20.5 Å². The summed E-state index contributed by atoms with van der Waals surface area (Å²) in [4.78, 5) is 37.9. The molecule has 1 atom stereocenters. The third-order valence-corrected chi connectivity index (χ3v) is 5.91. The van der Waals surface area contributed by atoms with E-state index in [0.29, 0.717) is 33.5 Å². The van der Waals surface area contributed by atoms with Gasteiger partial charge in [0.15, 0.2) is 11.5 Å². The average Bonchev–Trinajstić information content (AvgIpc) is 2.95. The van der Waals surface area contributed by atoms with Crippen molar-refractivity contribution in [3.05, 3.63) is 94.3 Å². The molecule has 1 aliphatic rings. The van der Waals surface area contributed by atoms with Gasteiger partial charge < -0.3 is 19.3 Å². The predicted molar refractivity (Wildman–Crippen MR) is 139 cm³/mol. The SMILES string of the molecule is CCOC(=O)c1ccc(-n2c(O)c(C=NNC(=O)[C@@H]3COc4ccccc4O3)c3ccccc3c2=O)cc1. The molecule has 0 saturated heterocycles. The number of hydrogen-bond acceptors (Lipinski definition) is 8. The zero-order valence-corrected chi connectivity index (χ0v) is 20.3. The Labute approximate surface area is 216 Å². The lowest BCUT2D eigenvalue weighted by atomic mass is 10.1. The highest BCUT2D eigenvalue weighted by Crippen LogP contribution is 2.31. The molecular formula is C28H23N3O7. The van der Waals surface area contributed by atoms with Crippen LogP contribution in [0.15, 0.2) is 82.7 Å². The molecule has 5 rings (SSSR count). The number of nitrogens with one attached hydrogen (secondary N) is 1. The molecule has 0 spiro atoms. The Bertz CT molecular complexity index is 1610. The number of carbonyl (C=O) groups excluding carboxylic acids is 2. The molecule has 1 amide bonds. The lowest BCUT2D eigenvalue weighted by Crippen LogP contribution is -2.42. The van der Waals surface area contributed by atoms with Crippen LogP contribution in [0.25, 0.3) is 16.5 Å². The highest BCUT2D eigenvalue weighted by atomic mass is 16.6. The van der Waals surface area contributed by atoms with Gasteiger partial charge in [0.05, 0.1) is 29.6 Å². The second-order valence-electron chi connectivity index (χ2n) is 8.29. The maximum atomic E-state index is 13.3. The maximum absolute atomic E-state index is 13.3. The van der Waals surface area contributed by atoms with Crippen LogP contribution in [0, 0.1) is 0 Å². The standard InChI is InChI=1S/C28H23N3O7/c1-2-36-28(35)17-11-13-18(14-12-17)31-26(33)20-8-4-3-7-19(20)21(27(31)34)15-29-30-25(32)24-16-37-22-9-5-6-10-23(22)38-24/h3-15,24,34H,2,16H2,1H3,(H,30,32)/t24-/m0/s1. The first-order valence-electron chi connectivity index (χ1n) is 11.8. The van der Waals surface area contributed by atoms with E-state index in [4.69, 9.17) is 14.2 Å². The quantitative estimate of drug-likeness (QED) is 0.230. The molecule has 3 aromatic carbocycles. The van der Waals surface area contributed by atoms with Crippen molar-refractivity contribution in [2.75, 3.05) is 13.2 Å². The van der Waals surface area contributed by atoms with Crippen LogP contribution in [-0.2, 0) is 9.53 Å². The summed E-state index contributed by atoms with van der Waals surface area (Å²) in [5, 5.41) is 15.9. The lowest BCUT2D eigenvalue weighted by Gasteiger charge is -2.24. The van der Waals surface area contributed by atoms with E-state index in [1.165, 1.54) is 30.5 Å². The Morgan fingerprint density at radius 2 is 1.74 bits per heavy atom. The number of hydrazone groups is 1. The van der Waals surface area contributed by atoms with E-state index in [0.717, 1.165) is 4.57 Å². The largest absolute Gasteiger partial charge is 0.494 e. The molecule has 38 heavy (non-hydrogen) atoms. The van der Waals surface area contributed by atoms with Crippen molar-refractivity contribution in [1.29, 1.82) is 0 Å². The van der Waals surface area contributed by atoms with Crippen molar-refractivity contribution in [3.63, 3.8) is 0 Å². The molecule has 10 nitrogen and oxygen atoms in total. The first kappa shape index (κ1) is 24.6. The van der Waals surface area contributed by atoms with Gasteiger partial charge in [-0.25, -0.2) is 14.8 Å². The minimum absolute atomic E-state index is 0.0131. The van der Waals surface area contributed by atoms with Crippen molar-refractivity contribution < 1.29 is 28.9 Å². The van der Waals surface area contributed by atoms with Gasteiger partial charge in [0.1, 0.15) is 6.61 Å². The molecule has 10 heteroatoms. The molecule has 0 bridgehead atoms. The third-order valence-electron chi connectivity index (χ3n) is 5.91. The highest BCUT2D eigenvalue weighted by molar-refractivity contribution is 6.02. The first-order valence-corrected chi connectivity index (χ1v) is 11.8. The maximum Gasteiger partial charge on any atom is 0.338 e. The van der Waals surface area contributed by atoms with Crippen LogP contribution in [0.2, 0.25) is 0 Å². The third kappa shape index (κ3) is 4.66. The molecule has 0 fully saturated rings. The minimum Gasteiger partial charge on any atom is -0.494 e. The Morgan fingerprint density at radius 1 is 1.05 bits per heavy atom. The molecule has 4 aromatic rings. The number of amides is 1. The van der Waals surface area contributed by atoms with Crippen molar-refractivity contribution in [1.82, 2.24) is 9.99 Å². The summed E-state index contributed by atoms with van der Waals surface area (Å²) in [6.07, 6.45) is 0.343. The molecule has 0 aliphatic carbocycles. The number of aromatic nitrogens is 1. The number of benzene rings is 3. The molecule has 1 aromatic heterocycles. The molecule has 1 aliphatic heterocycles. The topological polar surface area (TPSA) is 128 Å². The van der Waals surface area contributed by atoms with Gasteiger partial charge in [-0.1, -0.05) is 30.3 Å². The average molecular weight is 514 g/mol. The highest BCUT2D eigenvalue weighted by Gasteiger charge is 2.27. The van der Waals surface area contributed by atoms with Gasteiger partial charge in [0.2, 0.25) is 12.0 Å². The number of fused-ring (bicyclic) bond motifs is 2. The number of pyridine rings is 1. The zero-order valence-electron chi connectivity index (χ0n) is 20.3. The Balaban J connectivity index is 1.44. The molecule has 2 N–H and O–H groups in total. The zero-order chi connectivity index (χ0) is 26.6. The van der Waals surface area contributed by atoms with E-state index < -0.39 is 23.5 Å². The van der Waals surface area contributed by atoms with E-state index in [-0.39, 0.29) is 24.7 Å². The number of carbonyl (C=O) groups is 2. The number of para-hydroxylation sites is 2. The van der Waals surface area contributed by atoms with E-state index in [9.17, 15) is 19.5 Å². The predicted octanol–water partition coefficient (Wildman–Crippen LogP) is 3.16. The Kier molecular flexibility index (Phi) is 6.77. The van der Waals surface area contributed by atoms with Gasteiger partial charge in [-0.2, -0.15) is 5.10 Å². The van der Waals surface area contributed by atoms with Crippen molar-refractivity contribution in [2.24, 2.45) is 5.10 Å². The van der Waals surface area contributed by atoms with Gasteiger partial charge in [0, 0.05) is 10.8 Å². The van der Waals surface area contributed by atoms with Crippen LogP contribution in [-0.4, -0.2) is 47.1 Å². The fraction of sp³-hybridized carbons (Fsp3) is 0.143. The van der Waals surface area contributed by atoms with Crippen LogP contribution in [0.4, 0.5) is 0 Å². The molecule has 0 saturated carbocycles. The summed E-state index contributed by atoms with van der Waals surface area (Å²) in [5.41, 5.74) is 2.79. The summed E-state index contributed by atoms with van der Waals surface area (Å²) in [7, 11) is 0. The number of ether oxygens (including phenoxy) is 3. The first-order chi connectivity index (χ1) is 18.5. The van der Waals surface area contributed by atoms with Gasteiger partial charge in [0.25, 0.3) is 11.5 Å². The fourth-order valence-electron chi connectivity index (χ4n) is 4.07. The normalized spacial score (nSPS) is 14.4. The van der Waals surface area contributed by atoms with E-state index in [2.05, 4.69) is 10.5 Å². The van der Waals surface area contributed by atoms with Gasteiger partial charge >= 0.3 is 5.97 Å². The lowest BCUT2D eigenvalue weighted by molar-refractivity contribution is -0.130. The van der Waals surface area contributed by atoms with E-state index in [1.54, 1.807) is 55.5 Å². The van der Waals surface area contributed by atoms with Crippen molar-refractivity contribution >= 4 is 28.9 Å². The van der Waals surface area contributed by atoms with Crippen LogP contribution >= 0.6 is 0 Å². The minimum atomic E-state index is -0.917. The summed E-state index contributed by atoms with van der Waals surface area (Å²) >= 11 is 0. The van der Waals surface area contributed by atoms with Gasteiger partial charge in [-0.05, 0) is 49.4 Å². The molecule has 192 valence electrons. The molecule has 2 heterocycles. The van der Waals surface area contributed by atoms with Crippen LogP contribution in [0.3, 0.4) is 0 Å². The smallest absolute Gasteiger partial charge is 0.338 e. The summed E-state index contributed by atoms with van der Waals surface area (Å²) in [6, 6.07) is 19.8. The number of rotatable bonds is 6. The number of esters is 1. The molecular weight excluding hydrogens is 490 g/mol. The van der Waals surface area contributed by atoms with E-state index in [1.807, 2.05) is 0 Å². The Hall–Kier alpha value is -5.12. The second kappa shape index (κ2) is 10.5. The fourth-order valence-corrected chi connectivity index (χ4v) is 4.07. The second-order valence-corrected chi connectivity index (χ2v) is 8.29. The Morgan fingerprint density at radius 3 is 2.47 bits per heavy atom. The number of hydrogen-bond donors (Lipinski definition) is 2.